The molecule has 1 aliphatic rings. The van der Waals surface area contributed by atoms with E-state index in [1.165, 1.54) is 60.1 Å². The lowest BCUT2D eigenvalue weighted by Crippen LogP contribution is -2.31. The van der Waals surface area contributed by atoms with Gasteiger partial charge in [-0.25, -0.2) is 4.57 Å². The molecule has 23 heavy (non-hydrogen) atoms. The quantitative estimate of drug-likeness (QED) is 0.671. The lowest BCUT2D eigenvalue weighted by molar-refractivity contribution is -0.660. The van der Waals surface area contributed by atoms with E-state index in [0.717, 1.165) is 5.92 Å². The zero-order valence-corrected chi connectivity index (χ0v) is 15.1. The molecule has 0 spiro atoms. The minimum atomic E-state index is 0.588. The minimum absolute atomic E-state index is 0.588. The molecule has 1 aromatic heterocycles. The van der Waals surface area contributed by atoms with E-state index in [1.807, 2.05) is 0 Å². The molecule has 0 aliphatic heterocycles. The molecule has 1 fully saturated rings. The van der Waals surface area contributed by atoms with E-state index < -0.39 is 0 Å². The van der Waals surface area contributed by atoms with E-state index in [-0.39, 0.29) is 0 Å². The van der Waals surface area contributed by atoms with Crippen LogP contribution >= 0.6 is 0 Å². The highest BCUT2D eigenvalue weighted by Crippen LogP contribution is 2.29. The predicted octanol–water partition coefficient (Wildman–Crippen LogP) is 5.34. The predicted molar refractivity (Wildman–Crippen MR) is 97.5 cm³/mol. The Labute approximate surface area is 141 Å². The van der Waals surface area contributed by atoms with Gasteiger partial charge in [-0.3, -0.25) is 0 Å². The Balaban J connectivity index is 1.92. The van der Waals surface area contributed by atoms with Crippen LogP contribution in [0, 0.1) is 12.8 Å². The molecule has 1 heterocycles. The molecule has 0 bridgehead atoms. The summed E-state index contributed by atoms with van der Waals surface area (Å²) in [4.78, 5) is 0. The van der Waals surface area contributed by atoms with Gasteiger partial charge in [0.25, 0.3) is 0 Å². The van der Waals surface area contributed by atoms with Gasteiger partial charge in [0.15, 0.2) is 6.20 Å². The fourth-order valence-electron chi connectivity index (χ4n) is 3.89. The third kappa shape index (κ3) is 3.65. The normalized spacial score (nSPS) is 15.5. The summed E-state index contributed by atoms with van der Waals surface area (Å²) in [6.45, 7) is 6.76. The molecule has 1 nitrogen and oxygen atoms in total. The van der Waals surface area contributed by atoms with Crippen LogP contribution in [0.3, 0.4) is 0 Å². The van der Waals surface area contributed by atoms with E-state index in [2.05, 4.69) is 68.9 Å². The number of benzene rings is 1. The highest BCUT2D eigenvalue weighted by atomic mass is 14.9. The molecule has 1 aliphatic carbocycles. The Morgan fingerprint density at radius 2 is 1.83 bits per heavy atom. The smallest absolute Gasteiger partial charge is 0.201 e. The van der Waals surface area contributed by atoms with Gasteiger partial charge in [0, 0.05) is 17.7 Å². The van der Waals surface area contributed by atoms with Gasteiger partial charge < -0.3 is 0 Å². The van der Waals surface area contributed by atoms with Crippen LogP contribution in [0.5, 0.6) is 0 Å². The molecule has 122 valence electrons. The second-order valence-electron chi connectivity index (χ2n) is 7.61. The summed E-state index contributed by atoms with van der Waals surface area (Å²) in [6.07, 6.45) is 9.16. The Bertz CT molecular complexity index is 678. The van der Waals surface area contributed by atoms with E-state index in [1.54, 1.807) is 0 Å². The first-order valence-corrected chi connectivity index (χ1v) is 9.14. The number of pyridine rings is 1. The first kappa shape index (κ1) is 16.2. The van der Waals surface area contributed by atoms with Crippen LogP contribution in [0.15, 0.2) is 36.5 Å². The average molecular weight is 308 g/mol. The summed E-state index contributed by atoms with van der Waals surface area (Å²) in [5.41, 5.74) is 7.01. The van der Waals surface area contributed by atoms with Crippen LogP contribution in [0.2, 0.25) is 0 Å². The maximum atomic E-state index is 2.41. The molecule has 1 saturated carbocycles. The topological polar surface area (TPSA) is 3.88 Å². The van der Waals surface area contributed by atoms with Gasteiger partial charge in [-0.1, -0.05) is 51.7 Å². The summed E-state index contributed by atoms with van der Waals surface area (Å²) >= 11 is 0. The third-order valence-electron chi connectivity index (χ3n) is 5.41. The van der Waals surface area contributed by atoms with E-state index >= 15 is 0 Å². The molecule has 1 heteroatoms. The van der Waals surface area contributed by atoms with Crippen molar-refractivity contribution in [3.05, 3.63) is 53.2 Å². The van der Waals surface area contributed by atoms with Crippen molar-refractivity contribution in [2.24, 2.45) is 13.0 Å². The van der Waals surface area contributed by atoms with Gasteiger partial charge in [-0.15, -0.1) is 0 Å². The summed E-state index contributed by atoms with van der Waals surface area (Å²) in [5.74, 6) is 1.49. The third-order valence-corrected chi connectivity index (χ3v) is 5.41. The average Bonchev–Trinajstić information content (AvgIpc) is 3.02. The highest BCUT2D eigenvalue weighted by Gasteiger charge is 2.18. The van der Waals surface area contributed by atoms with Crippen molar-refractivity contribution in [2.75, 3.05) is 0 Å². The number of aryl methyl sites for hydroxylation is 2. The minimum Gasteiger partial charge on any atom is -0.201 e. The van der Waals surface area contributed by atoms with Gasteiger partial charge in [-0.05, 0) is 47.9 Å². The standard InChI is InChI=1S/C22H30N/c1-16(2)20-9-10-21(17(3)13-20)22-15-19(11-12-23(22)4)14-18-7-5-6-8-18/h9-13,15-16,18H,5-8,14H2,1-4H3/q+1. The molecule has 0 N–H and O–H groups in total. The van der Waals surface area contributed by atoms with Gasteiger partial charge in [0.2, 0.25) is 5.69 Å². The van der Waals surface area contributed by atoms with Crippen molar-refractivity contribution in [3.63, 3.8) is 0 Å². The van der Waals surface area contributed by atoms with Gasteiger partial charge in [0.05, 0.1) is 0 Å². The van der Waals surface area contributed by atoms with Crippen LogP contribution in [0.1, 0.15) is 62.1 Å². The maximum Gasteiger partial charge on any atom is 0.212 e. The SMILES string of the molecule is Cc1cc(C(C)C)ccc1-c1cc(CC2CCCC2)cc[n+]1C. The van der Waals surface area contributed by atoms with E-state index in [0.29, 0.717) is 5.92 Å². The van der Waals surface area contributed by atoms with Crippen molar-refractivity contribution in [1.82, 2.24) is 0 Å². The summed E-state index contributed by atoms with van der Waals surface area (Å²) < 4.78 is 2.26. The first-order chi connectivity index (χ1) is 11.0. The van der Waals surface area contributed by atoms with Gasteiger partial charge in [-0.2, -0.15) is 0 Å². The van der Waals surface area contributed by atoms with E-state index in [9.17, 15) is 0 Å². The number of nitrogens with zero attached hydrogens (tertiary/aromatic N) is 1. The van der Waals surface area contributed by atoms with Crippen molar-refractivity contribution in [2.45, 2.75) is 58.8 Å². The monoisotopic (exact) mass is 308 g/mol. The second kappa shape index (κ2) is 6.86. The Morgan fingerprint density at radius 3 is 2.48 bits per heavy atom. The van der Waals surface area contributed by atoms with Crippen molar-refractivity contribution >= 4 is 0 Å². The van der Waals surface area contributed by atoms with Crippen molar-refractivity contribution < 1.29 is 4.57 Å². The van der Waals surface area contributed by atoms with Gasteiger partial charge >= 0.3 is 0 Å². The molecule has 2 aromatic rings. The Morgan fingerprint density at radius 1 is 1.09 bits per heavy atom. The molecule has 1 aromatic carbocycles. The van der Waals surface area contributed by atoms with Crippen molar-refractivity contribution in [3.8, 4) is 11.3 Å². The summed E-state index contributed by atoms with van der Waals surface area (Å²) in [6, 6.07) is 11.7. The Hall–Kier alpha value is -1.63. The number of rotatable bonds is 4. The molecule has 0 radical (unpaired) electrons. The summed E-state index contributed by atoms with van der Waals surface area (Å²) in [7, 11) is 2.16. The lowest BCUT2D eigenvalue weighted by Gasteiger charge is -2.12. The number of hydrogen-bond donors (Lipinski definition) is 0. The first-order valence-electron chi connectivity index (χ1n) is 9.14. The number of aromatic nitrogens is 1. The molecule has 0 atom stereocenters. The zero-order valence-electron chi connectivity index (χ0n) is 15.1. The highest BCUT2D eigenvalue weighted by molar-refractivity contribution is 5.62. The molecular formula is C22H30N+. The Kier molecular flexibility index (Phi) is 4.84. The fraction of sp³-hybridized carbons (Fsp3) is 0.500. The largest absolute Gasteiger partial charge is 0.212 e. The van der Waals surface area contributed by atoms with Crippen molar-refractivity contribution in [1.29, 1.82) is 0 Å². The lowest BCUT2D eigenvalue weighted by atomic mass is 9.94. The zero-order chi connectivity index (χ0) is 16.4. The summed E-state index contributed by atoms with van der Waals surface area (Å²) in [5, 5.41) is 0. The molecule has 0 unspecified atom stereocenters. The van der Waals surface area contributed by atoms with Gasteiger partial charge in [0.1, 0.15) is 7.05 Å². The molecular weight excluding hydrogens is 278 g/mol. The van der Waals surface area contributed by atoms with E-state index in [4.69, 9.17) is 0 Å². The van der Waals surface area contributed by atoms with Crippen LogP contribution in [0.25, 0.3) is 11.3 Å². The maximum absolute atomic E-state index is 2.41. The van der Waals surface area contributed by atoms with Crippen LogP contribution in [0.4, 0.5) is 0 Å². The second-order valence-corrected chi connectivity index (χ2v) is 7.61. The fourth-order valence-corrected chi connectivity index (χ4v) is 3.89. The molecule has 3 rings (SSSR count). The number of hydrogen-bond acceptors (Lipinski definition) is 0. The van der Waals surface area contributed by atoms with Crippen LogP contribution in [-0.2, 0) is 13.5 Å². The van der Waals surface area contributed by atoms with Crippen LogP contribution < -0.4 is 4.57 Å². The molecule has 0 amide bonds. The molecule has 0 saturated heterocycles. The van der Waals surface area contributed by atoms with Crippen LogP contribution in [-0.4, -0.2) is 0 Å².